The van der Waals surface area contributed by atoms with Gasteiger partial charge in [0.05, 0.1) is 11.2 Å². The van der Waals surface area contributed by atoms with Crippen molar-refractivity contribution in [2.75, 3.05) is 5.73 Å². The lowest BCUT2D eigenvalue weighted by Gasteiger charge is -2.10. The number of imidazole rings is 1. The molecular weight excluding hydrogens is 246 g/mol. The van der Waals surface area contributed by atoms with Crippen LogP contribution in [0.3, 0.4) is 0 Å². The van der Waals surface area contributed by atoms with E-state index in [4.69, 9.17) is 10.7 Å². The first-order chi connectivity index (χ1) is 9.47. The van der Waals surface area contributed by atoms with Crippen LogP contribution in [0.5, 0.6) is 0 Å². The van der Waals surface area contributed by atoms with Crippen molar-refractivity contribution >= 4 is 11.2 Å². The number of benzene rings is 1. The quantitative estimate of drug-likeness (QED) is 0.727. The smallest absolute Gasteiger partial charge is 0.145 e. The van der Waals surface area contributed by atoms with E-state index in [1.165, 1.54) is 22.3 Å². The molecule has 0 unspecified atom stereocenters. The number of fused-ring (bicyclic) bond motifs is 1. The number of nitrogen functional groups attached to an aromatic ring is 1. The Bertz CT molecular complexity index is 789. The van der Waals surface area contributed by atoms with Crippen LogP contribution >= 0.6 is 0 Å². The molecule has 0 aliphatic carbocycles. The fourth-order valence-corrected chi connectivity index (χ4v) is 2.96. The van der Waals surface area contributed by atoms with Crippen molar-refractivity contribution in [1.29, 1.82) is 0 Å². The van der Waals surface area contributed by atoms with Crippen molar-refractivity contribution in [2.24, 2.45) is 0 Å². The summed E-state index contributed by atoms with van der Waals surface area (Å²) in [6, 6.07) is 8.30. The van der Waals surface area contributed by atoms with Gasteiger partial charge in [0, 0.05) is 17.4 Å². The second kappa shape index (κ2) is 4.37. The summed E-state index contributed by atoms with van der Waals surface area (Å²) in [6.07, 6.45) is 2.00. The Morgan fingerprint density at radius 2 is 1.65 bits per heavy atom. The third-order valence-corrected chi connectivity index (χ3v) is 3.75. The van der Waals surface area contributed by atoms with E-state index in [1.807, 2.05) is 25.3 Å². The summed E-state index contributed by atoms with van der Waals surface area (Å²) in [7, 11) is 0. The minimum absolute atomic E-state index is 0.768. The van der Waals surface area contributed by atoms with Crippen LogP contribution in [-0.2, 0) is 0 Å². The molecule has 0 saturated heterocycles. The molecule has 0 bridgehead atoms. The number of hydrogen-bond donors (Lipinski definition) is 1. The van der Waals surface area contributed by atoms with E-state index < -0.39 is 0 Å². The van der Waals surface area contributed by atoms with Gasteiger partial charge in [-0.05, 0) is 51.0 Å². The first-order valence-corrected chi connectivity index (χ1v) is 6.80. The van der Waals surface area contributed by atoms with Crippen molar-refractivity contribution in [1.82, 2.24) is 9.38 Å². The van der Waals surface area contributed by atoms with Crippen molar-refractivity contribution in [3.05, 3.63) is 52.8 Å². The number of aromatic nitrogens is 2. The van der Waals surface area contributed by atoms with Gasteiger partial charge in [0.25, 0.3) is 0 Å². The lowest BCUT2D eigenvalue weighted by Crippen LogP contribution is -1.96. The Balaban J connectivity index is 2.36. The largest absolute Gasteiger partial charge is 0.399 e. The van der Waals surface area contributed by atoms with Crippen LogP contribution in [0.4, 0.5) is 5.69 Å². The SMILES string of the molecule is Cc1cc(C)c(-c2nc(C)c3cc(N)ccn23)c(C)c1. The molecule has 1 aromatic carbocycles. The van der Waals surface area contributed by atoms with E-state index in [9.17, 15) is 0 Å². The topological polar surface area (TPSA) is 43.3 Å². The fourth-order valence-electron chi connectivity index (χ4n) is 2.96. The number of nitrogens with two attached hydrogens (primary N) is 1. The van der Waals surface area contributed by atoms with E-state index in [2.05, 4.69) is 37.3 Å². The monoisotopic (exact) mass is 265 g/mol. The summed E-state index contributed by atoms with van der Waals surface area (Å²) in [5.74, 6) is 0.993. The number of hydrogen-bond acceptors (Lipinski definition) is 2. The number of aryl methyl sites for hydroxylation is 4. The van der Waals surface area contributed by atoms with Crippen LogP contribution in [0.2, 0.25) is 0 Å². The van der Waals surface area contributed by atoms with Crippen molar-refractivity contribution in [3.8, 4) is 11.4 Å². The summed E-state index contributed by atoms with van der Waals surface area (Å²) in [6.45, 7) is 8.43. The van der Waals surface area contributed by atoms with E-state index in [0.29, 0.717) is 0 Å². The maximum absolute atomic E-state index is 5.88. The van der Waals surface area contributed by atoms with Gasteiger partial charge in [-0.15, -0.1) is 0 Å². The number of anilines is 1. The van der Waals surface area contributed by atoms with Crippen LogP contribution in [0.1, 0.15) is 22.4 Å². The van der Waals surface area contributed by atoms with E-state index >= 15 is 0 Å². The lowest BCUT2D eigenvalue weighted by molar-refractivity contribution is 1.14. The van der Waals surface area contributed by atoms with Crippen molar-refractivity contribution < 1.29 is 0 Å². The highest BCUT2D eigenvalue weighted by Crippen LogP contribution is 2.30. The first kappa shape index (κ1) is 12.7. The van der Waals surface area contributed by atoms with Gasteiger partial charge in [0.15, 0.2) is 0 Å². The third-order valence-electron chi connectivity index (χ3n) is 3.75. The van der Waals surface area contributed by atoms with E-state index in [1.54, 1.807) is 0 Å². The molecule has 0 spiro atoms. The minimum Gasteiger partial charge on any atom is -0.399 e. The van der Waals surface area contributed by atoms with Gasteiger partial charge in [0.2, 0.25) is 0 Å². The Morgan fingerprint density at radius 3 is 2.30 bits per heavy atom. The summed E-state index contributed by atoms with van der Waals surface area (Å²) in [5.41, 5.74) is 13.7. The molecule has 3 nitrogen and oxygen atoms in total. The van der Waals surface area contributed by atoms with Gasteiger partial charge >= 0.3 is 0 Å². The Hall–Kier alpha value is -2.29. The average molecular weight is 265 g/mol. The molecule has 0 aliphatic rings. The van der Waals surface area contributed by atoms with Crippen molar-refractivity contribution in [3.63, 3.8) is 0 Å². The van der Waals surface area contributed by atoms with Gasteiger partial charge in [-0.2, -0.15) is 0 Å². The van der Waals surface area contributed by atoms with Gasteiger partial charge in [-0.1, -0.05) is 17.7 Å². The second-order valence-electron chi connectivity index (χ2n) is 5.51. The van der Waals surface area contributed by atoms with Crippen LogP contribution in [0, 0.1) is 27.7 Å². The predicted molar refractivity (Wildman–Crippen MR) is 84.0 cm³/mol. The highest BCUT2D eigenvalue weighted by Gasteiger charge is 2.14. The molecule has 3 rings (SSSR count). The molecule has 0 aliphatic heterocycles. The summed E-state index contributed by atoms with van der Waals surface area (Å²) < 4.78 is 2.12. The van der Waals surface area contributed by atoms with Gasteiger partial charge < -0.3 is 5.73 Å². The zero-order valence-electron chi connectivity index (χ0n) is 12.4. The Morgan fingerprint density at radius 1 is 1.00 bits per heavy atom. The summed E-state index contributed by atoms with van der Waals surface area (Å²) in [5, 5.41) is 0. The number of nitrogens with zero attached hydrogens (tertiary/aromatic N) is 2. The zero-order valence-corrected chi connectivity index (χ0v) is 12.4. The molecule has 3 heteroatoms. The van der Waals surface area contributed by atoms with Gasteiger partial charge in [-0.25, -0.2) is 4.98 Å². The Labute approximate surface area is 119 Å². The normalized spacial score (nSPS) is 11.2. The molecule has 2 N–H and O–H groups in total. The molecule has 2 aromatic heterocycles. The molecule has 102 valence electrons. The third kappa shape index (κ3) is 1.86. The molecule has 2 heterocycles. The summed E-state index contributed by atoms with van der Waals surface area (Å²) in [4.78, 5) is 4.76. The maximum Gasteiger partial charge on any atom is 0.145 e. The number of pyridine rings is 1. The van der Waals surface area contributed by atoms with Crippen LogP contribution in [0.15, 0.2) is 30.5 Å². The molecular formula is C17H19N3. The molecule has 0 amide bonds. The first-order valence-electron chi connectivity index (χ1n) is 6.80. The van der Waals surface area contributed by atoms with Gasteiger partial charge in [-0.3, -0.25) is 4.40 Å². The molecule has 0 fully saturated rings. The highest BCUT2D eigenvalue weighted by molar-refractivity contribution is 5.72. The Kier molecular flexibility index (Phi) is 2.78. The van der Waals surface area contributed by atoms with Gasteiger partial charge in [0.1, 0.15) is 5.82 Å². The van der Waals surface area contributed by atoms with Crippen LogP contribution < -0.4 is 5.73 Å². The highest BCUT2D eigenvalue weighted by atomic mass is 15.0. The number of rotatable bonds is 1. The van der Waals surface area contributed by atoms with Crippen molar-refractivity contribution in [2.45, 2.75) is 27.7 Å². The predicted octanol–water partition coefficient (Wildman–Crippen LogP) is 3.82. The molecule has 0 radical (unpaired) electrons. The fraction of sp³-hybridized carbons (Fsp3) is 0.235. The second-order valence-corrected chi connectivity index (χ2v) is 5.51. The zero-order chi connectivity index (χ0) is 14.4. The van der Waals surface area contributed by atoms with E-state index in [0.717, 1.165) is 22.7 Å². The molecule has 3 aromatic rings. The minimum atomic E-state index is 0.768. The molecule has 0 atom stereocenters. The standard InChI is InChI=1S/C17H19N3/c1-10-7-11(2)16(12(3)8-10)17-19-13(4)15-9-14(18)5-6-20(15)17/h5-9H,18H2,1-4H3. The summed E-state index contributed by atoms with van der Waals surface area (Å²) >= 11 is 0. The van der Waals surface area contributed by atoms with Crippen LogP contribution in [-0.4, -0.2) is 9.38 Å². The molecule has 0 saturated carbocycles. The lowest BCUT2D eigenvalue weighted by atomic mass is 9.99. The van der Waals surface area contributed by atoms with E-state index in [-0.39, 0.29) is 0 Å². The van der Waals surface area contributed by atoms with Crippen LogP contribution in [0.25, 0.3) is 16.9 Å². The molecule has 20 heavy (non-hydrogen) atoms. The maximum atomic E-state index is 5.88. The average Bonchev–Trinajstić information content (AvgIpc) is 2.65.